The van der Waals surface area contributed by atoms with Crippen LogP contribution < -0.4 is 25.7 Å². The summed E-state index contributed by atoms with van der Waals surface area (Å²) >= 11 is 0. The number of quaternary nitrogens is 1. The molecular weight excluding hydrogens is 797 g/mol. The first-order valence-corrected chi connectivity index (χ1v) is 21.9. The predicted molar refractivity (Wildman–Crippen MR) is 241 cm³/mol. The lowest BCUT2D eigenvalue weighted by molar-refractivity contribution is -0.938. The number of pyridine rings is 1. The topological polar surface area (TPSA) is 159 Å². The van der Waals surface area contributed by atoms with Gasteiger partial charge in [0.05, 0.1) is 37.4 Å². The maximum Gasteiger partial charge on any atom is 0.408 e. The van der Waals surface area contributed by atoms with Gasteiger partial charge < -0.3 is 44.5 Å². The van der Waals surface area contributed by atoms with Gasteiger partial charge in [-0.05, 0) is 78.0 Å². The van der Waals surface area contributed by atoms with Crippen molar-refractivity contribution in [3.05, 3.63) is 172 Å². The molecule has 63 heavy (non-hydrogen) atoms. The molecule has 3 aliphatic rings. The SMILES string of the molecule is O=C(NC(c1ccccc1)c1cccc(OCc2cccc(OCCCCNCC(O)c3ccc(O)c4[nH]c(=O)ccc34)c2)c1)O[C@H]1C[N+]2(CC(=O)c3ccccc3)CCC1CC2. The number of aliphatic hydroxyl groups excluding tert-OH is 1. The number of benzene rings is 5. The maximum absolute atomic E-state index is 13.7. The summed E-state index contributed by atoms with van der Waals surface area (Å²) in [5.74, 6) is 1.78. The number of phenols is 1. The third-order valence-corrected chi connectivity index (χ3v) is 12.4. The summed E-state index contributed by atoms with van der Waals surface area (Å²) in [5, 5.41) is 28.0. The highest BCUT2D eigenvalue weighted by Gasteiger charge is 2.48. The summed E-state index contributed by atoms with van der Waals surface area (Å²) in [6.45, 7) is 4.74. The largest absolute Gasteiger partial charge is 0.506 e. The minimum atomic E-state index is -0.811. The second-order valence-electron chi connectivity index (χ2n) is 16.8. The number of fused-ring (bicyclic) bond motifs is 4. The Balaban J connectivity index is 0.810. The van der Waals surface area contributed by atoms with E-state index in [0.29, 0.717) is 66.1 Å². The zero-order valence-corrected chi connectivity index (χ0v) is 35.3. The number of hydrogen-bond donors (Lipinski definition) is 5. The van der Waals surface area contributed by atoms with Gasteiger partial charge in [-0.3, -0.25) is 9.59 Å². The van der Waals surface area contributed by atoms with E-state index in [1.54, 1.807) is 12.1 Å². The Bertz CT molecular complexity index is 2540. The van der Waals surface area contributed by atoms with E-state index in [2.05, 4.69) is 15.6 Å². The number of piperidine rings is 3. The summed E-state index contributed by atoms with van der Waals surface area (Å²) in [6.07, 6.45) is 1.95. The van der Waals surface area contributed by atoms with Gasteiger partial charge in [0.25, 0.3) is 0 Å². The van der Waals surface area contributed by atoms with Gasteiger partial charge in [0.1, 0.15) is 36.9 Å². The summed E-state index contributed by atoms with van der Waals surface area (Å²) in [4.78, 5) is 41.3. The van der Waals surface area contributed by atoms with Crippen LogP contribution in [0.15, 0.2) is 138 Å². The molecule has 3 saturated heterocycles. The average molecular weight is 852 g/mol. The number of nitrogens with one attached hydrogen (secondary N) is 3. The van der Waals surface area contributed by atoms with Gasteiger partial charge in [-0.25, -0.2) is 4.79 Å². The Labute approximate surface area is 367 Å². The van der Waals surface area contributed by atoms with Crippen molar-refractivity contribution in [2.24, 2.45) is 5.92 Å². The number of nitrogens with zero attached hydrogens (tertiary/aromatic N) is 1. The number of ether oxygens (including phenoxy) is 3. The number of rotatable bonds is 19. The molecule has 1 aromatic heterocycles. The number of alkyl carbamates (subject to hydrolysis) is 1. The average Bonchev–Trinajstić information content (AvgIpc) is 3.31. The lowest BCUT2D eigenvalue weighted by Crippen LogP contribution is -2.66. The monoisotopic (exact) mass is 851 g/mol. The fraction of sp³-hybridized carbons (Fsp3) is 0.314. The van der Waals surface area contributed by atoms with Crippen LogP contribution in [0.25, 0.3) is 10.9 Å². The molecular formula is C51H55N4O8+. The van der Waals surface area contributed by atoms with Crippen LogP contribution in [0, 0.1) is 5.92 Å². The molecule has 0 spiro atoms. The van der Waals surface area contributed by atoms with E-state index in [4.69, 9.17) is 14.2 Å². The van der Waals surface area contributed by atoms with Crippen LogP contribution in [0.5, 0.6) is 17.2 Å². The molecule has 12 heteroatoms. The second-order valence-corrected chi connectivity index (χ2v) is 16.8. The molecule has 9 rings (SSSR count). The smallest absolute Gasteiger partial charge is 0.408 e. The van der Waals surface area contributed by atoms with Crippen LogP contribution in [0.1, 0.15) is 70.4 Å². The number of carbonyl (C=O) groups is 2. The molecule has 12 nitrogen and oxygen atoms in total. The first-order chi connectivity index (χ1) is 30.7. The Morgan fingerprint density at radius 2 is 1.52 bits per heavy atom. The number of carbonyl (C=O) groups excluding carboxylic acids is 2. The molecule has 2 bridgehead atoms. The standard InChI is InChI=1S/C51H54N4O8/c56-44-21-19-42(43-20-22-48(59)53-50(43)44)45(57)31-52-25-7-8-28-61-40-17-9-11-35(29-40)34-62-41-18-10-16-39(30-41)49(38-14-5-2-6-15-38)54-51(60)63-47-33-55(26-23-37(47)24-27-55)32-46(58)36-12-3-1-4-13-36/h1-6,9-22,29-30,37,45,47,49,52,57H,7-8,23-28,31-34H2,(H2-,53,54,56,59,60)/p+1/t37?,45?,47-,49?,55?/m0/s1. The molecule has 3 aliphatic heterocycles. The minimum Gasteiger partial charge on any atom is -0.506 e. The number of phenolic OH excluding ortho intramolecular Hbond substituents is 1. The van der Waals surface area contributed by atoms with Crippen molar-refractivity contribution in [3.63, 3.8) is 0 Å². The summed E-state index contributed by atoms with van der Waals surface area (Å²) in [7, 11) is 0. The Hall–Kier alpha value is -6.47. The van der Waals surface area contributed by atoms with Gasteiger partial charge in [0, 0.05) is 42.3 Å². The number of aromatic nitrogens is 1. The number of aromatic hydroxyl groups is 1. The molecule has 0 saturated carbocycles. The van der Waals surface area contributed by atoms with Gasteiger partial charge >= 0.3 is 6.09 Å². The van der Waals surface area contributed by atoms with Crippen molar-refractivity contribution in [3.8, 4) is 17.2 Å². The van der Waals surface area contributed by atoms with E-state index in [0.717, 1.165) is 66.8 Å². The predicted octanol–water partition coefficient (Wildman–Crippen LogP) is 7.60. The van der Waals surface area contributed by atoms with Crippen LogP contribution in [-0.4, -0.2) is 83.5 Å². The van der Waals surface area contributed by atoms with E-state index in [-0.39, 0.29) is 29.1 Å². The molecule has 326 valence electrons. The van der Waals surface area contributed by atoms with Crippen LogP contribution >= 0.6 is 0 Å². The van der Waals surface area contributed by atoms with E-state index in [1.807, 2.05) is 109 Å². The Morgan fingerprint density at radius 3 is 2.32 bits per heavy atom. The third kappa shape index (κ3) is 11.0. The fourth-order valence-corrected chi connectivity index (χ4v) is 9.01. The molecule has 2 unspecified atom stereocenters. The number of H-pyrrole nitrogens is 1. The quantitative estimate of drug-likeness (QED) is 0.0314. The van der Waals surface area contributed by atoms with Crippen LogP contribution in [-0.2, 0) is 11.3 Å². The number of aromatic amines is 1. The molecule has 1 amide bonds. The number of Topliss-reactive ketones (excluding diaryl/α,β-unsaturated/α-hetero) is 1. The van der Waals surface area contributed by atoms with Crippen molar-refractivity contribution >= 4 is 22.8 Å². The van der Waals surface area contributed by atoms with Crippen LogP contribution in [0.4, 0.5) is 4.79 Å². The van der Waals surface area contributed by atoms with E-state index in [9.17, 15) is 24.6 Å². The van der Waals surface area contributed by atoms with Crippen molar-refractivity contribution in [2.75, 3.05) is 45.9 Å². The van der Waals surface area contributed by atoms with E-state index < -0.39 is 18.2 Å². The molecule has 0 radical (unpaired) electrons. The van der Waals surface area contributed by atoms with Gasteiger partial charge in [0.15, 0.2) is 6.10 Å². The van der Waals surface area contributed by atoms with E-state index >= 15 is 0 Å². The Morgan fingerprint density at radius 1 is 0.794 bits per heavy atom. The normalized spacial score (nSPS) is 18.9. The number of amides is 1. The first-order valence-electron chi connectivity index (χ1n) is 21.9. The van der Waals surface area contributed by atoms with Gasteiger partial charge in [-0.1, -0.05) is 91.0 Å². The summed E-state index contributed by atoms with van der Waals surface area (Å²) in [6, 6.07) is 40.5. The minimum absolute atomic E-state index is 0.0382. The van der Waals surface area contributed by atoms with Crippen molar-refractivity contribution < 1.29 is 38.5 Å². The fourth-order valence-electron chi connectivity index (χ4n) is 9.01. The highest BCUT2D eigenvalue weighted by atomic mass is 16.6. The highest BCUT2D eigenvalue weighted by Crippen LogP contribution is 2.36. The zero-order chi connectivity index (χ0) is 43.6. The molecule has 5 aromatic carbocycles. The lowest BCUT2D eigenvalue weighted by atomic mass is 9.83. The molecule has 3 fully saturated rings. The molecule has 0 aliphatic carbocycles. The van der Waals surface area contributed by atoms with Crippen LogP contribution in [0.2, 0.25) is 0 Å². The first kappa shape index (κ1) is 43.2. The van der Waals surface area contributed by atoms with E-state index in [1.165, 1.54) is 12.1 Å². The second kappa shape index (κ2) is 20.1. The summed E-state index contributed by atoms with van der Waals surface area (Å²) in [5.41, 5.74) is 4.06. The summed E-state index contributed by atoms with van der Waals surface area (Å²) < 4.78 is 19.2. The number of aliphatic hydroxyl groups is 1. The highest BCUT2D eigenvalue weighted by molar-refractivity contribution is 5.97. The zero-order valence-electron chi connectivity index (χ0n) is 35.3. The van der Waals surface area contributed by atoms with Gasteiger partial charge in [-0.2, -0.15) is 0 Å². The number of unbranched alkanes of at least 4 members (excludes halogenated alkanes) is 1. The molecule has 6 aromatic rings. The number of ketones is 1. The molecule has 4 heterocycles. The van der Waals surface area contributed by atoms with Crippen molar-refractivity contribution in [1.82, 2.24) is 15.6 Å². The van der Waals surface area contributed by atoms with Crippen molar-refractivity contribution in [2.45, 2.75) is 50.5 Å². The van der Waals surface area contributed by atoms with Gasteiger partial charge in [-0.15, -0.1) is 0 Å². The van der Waals surface area contributed by atoms with Gasteiger partial charge in [0.2, 0.25) is 11.3 Å². The maximum atomic E-state index is 13.7. The molecule has 3 atom stereocenters. The number of hydrogen-bond acceptors (Lipinski definition) is 9. The molecule has 5 N–H and O–H groups in total. The lowest BCUT2D eigenvalue weighted by Gasteiger charge is -2.51. The van der Waals surface area contributed by atoms with Crippen LogP contribution in [0.3, 0.4) is 0 Å². The van der Waals surface area contributed by atoms with Crippen molar-refractivity contribution in [1.29, 1.82) is 0 Å². The third-order valence-electron chi connectivity index (χ3n) is 12.4. The Kier molecular flexibility index (Phi) is 13.8.